The van der Waals surface area contributed by atoms with Crippen LogP contribution in [0.5, 0.6) is 0 Å². The summed E-state index contributed by atoms with van der Waals surface area (Å²) in [5.41, 5.74) is 0. The SMILES string of the molecule is CCC.CCC1C=CC=CC1. The molecule has 0 saturated carbocycles. The van der Waals surface area contributed by atoms with Gasteiger partial charge in [-0.3, -0.25) is 0 Å². The molecule has 0 radical (unpaired) electrons. The van der Waals surface area contributed by atoms with Gasteiger partial charge in [-0.05, 0) is 18.8 Å². The lowest BCUT2D eigenvalue weighted by Gasteiger charge is -2.07. The van der Waals surface area contributed by atoms with Crippen molar-refractivity contribution in [2.24, 2.45) is 5.92 Å². The lowest BCUT2D eigenvalue weighted by Crippen LogP contribution is -1.93. The van der Waals surface area contributed by atoms with Gasteiger partial charge in [0.25, 0.3) is 0 Å². The zero-order chi connectivity index (χ0) is 8.53. The first-order chi connectivity index (χ1) is 5.35. The molecule has 1 atom stereocenters. The summed E-state index contributed by atoms with van der Waals surface area (Å²) in [7, 11) is 0. The Morgan fingerprint density at radius 2 is 1.82 bits per heavy atom. The predicted molar refractivity (Wildman–Crippen MR) is 52.6 cm³/mol. The van der Waals surface area contributed by atoms with Crippen molar-refractivity contribution >= 4 is 0 Å². The van der Waals surface area contributed by atoms with Crippen molar-refractivity contribution in [1.29, 1.82) is 0 Å². The molecule has 0 fully saturated rings. The Balaban J connectivity index is 0.000000292. The summed E-state index contributed by atoms with van der Waals surface area (Å²) in [4.78, 5) is 0. The summed E-state index contributed by atoms with van der Waals surface area (Å²) >= 11 is 0. The van der Waals surface area contributed by atoms with Crippen LogP contribution in [0.3, 0.4) is 0 Å². The Morgan fingerprint density at radius 1 is 1.18 bits per heavy atom. The second-order valence-corrected chi connectivity index (χ2v) is 2.92. The van der Waals surface area contributed by atoms with Gasteiger partial charge < -0.3 is 0 Å². The van der Waals surface area contributed by atoms with Crippen LogP contribution in [0.2, 0.25) is 0 Å². The minimum Gasteiger partial charge on any atom is -0.0840 e. The molecule has 0 aromatic rings. The van der Waals surface area contributed by atoms with Crippen LogP contribution >= 0.6 is 0 Å². The van der Waals surface area contributed by atoms with Crippen LogP contribution in [0.15, 0.2) is 24.3 Å². The van der Waals surface area contributed by atoms with Gasteiger partial charge in [-0.1, -0.05) is 51.5 Å². The molecule has 0 N–H and O–H groups in total. The van der Waals surface area contributed by atoms with E-state index in [1.54, 1.807) is 0 Å². The molecule has 0 amide bonds. The molecule has 1 rings (SSSR count). The lowest BCUT2D eigenvalue weighted by molar-refractivity contribution is 0.633. The predicted octanol–water partition coefficient (Wildman–Crippen LogP) is 3.95. The number of allylic oxidation sites excluding steroid dienone is 4. The normalized spacial score (nSPS) is 20.8. The van der Waals surface area contributed by atoms with E-state index >= 15 is 0 Å². The first-order valence-corrected chi connectivity index (χ1v) is 4.68. The Bertz CT molecular complexity index is 120. The first-order valence-electron chi connectivity index (χ1n) is 4.68. The fourth-order valence-electron chi connectivity index (χ4n) is 0.935. The zero-order valence-corrected chi connectivity index (χ0v) is 8.01. The van der Waals surface area contributed by atoms with Crippen LogP contribution in [0.4, 0.5) is 0 Å². The van der Waals surface area contributed by atoms with Gasteiger partial charge in [-0.15, -0.1) is 0 Å². The Labute approximate surface area is 71.0 Å². The van der Waals surface area contributed by atoms with E-state index < -0.39 is 0 Å². The van der Waals surface area contributed by atoms with Crippen molar-refractivity contribution in [3.05, 3.63) is 24.3 Å². The van der Waals surface area contributed by atoms with Crippen molar-refractivity contribution in [3.8, 4) is 0 Å². The molecule has 0 heterocycles. The van der Waals surface area contributed by atoms with E-state index in [0.29, 0.717) is 0 Å². The molecular weight excluding hydrogens is 132 g/mol. The molecule has 0 bridgehead atoms. The molecule has 1 aliphatic rings. The molecule has 64 valence electrons. The van der Waals surface area contributed by atoms with Crippen LogP contribution in [-0.2, 0) is 0 Å². The molecular formula is C11H20. The van der Waals surface area contributed by atoms with Crippen LogP contribution < -0.4 is 0 Å². The third kappa shape index (κ3) is 5.90. The first kappa shape index (κ1) is 10.5. The maximum atomic E-state index is 2.28. The summed E-state index contributed by atoms with van der Waals surface area (Å²) in [6.07, 6.45) is 12.5. The average molecular weight is 152 g/mol. The molecule has 11 heavy (non-hydrogen) atoms. The molecule has 0 heteroatoms. The van der Waals surface area contributed by atoms with Crippen LogP contribution in [0, 0.1) is 5.92 Å². The number of rotatable bonds is 1. The Hall–Kier alpha value is -0.520. The fourth-order valence-corrected chi connectivity index (χ4v) is 0.935. The molecule has 0 aliphatic heterocycles. The van der Waals surface area contributed by atoms with Gasteiger partial charge in [-0.2, -0.15) is 0 Å². The van der Waals surface area contributed by atoms with E-state index in [1.807, 2.05) is 0 Å². The van der Waals surface area contributed by atoms with Gasteiger partial charge >= 0.3 is 0 Å². The molecule has 0 saturated heterocycles. The zero-order valence-electron chi connectivity index (χ0n) is 8.01. The van der Waals surface area contributed by atoms with Crippen LogP contribution in [0.25, 0.3) is 0 Å². The molecule has 0 spiro atoms. The fraction of sp³-hybridized carbons (Fsp3) is 0.636. The van der Waals surface area contributed by atoms with Gasteiger partial charge in [-0.25, -0.2) is 0 Å². The molecule has 1 aliphatic carbocycles. The van der Waals surface area contributed by atoms with Gasteiger partial charge in [0.2, 0.25) is 0 Å². The Morgan fingerprint density at radius 3 is 2.09 bits per heavy atom. The minimum atomic E-state index is 0.819. The molecule has 0 aromatic heterocycles. The van der Waals surface area contributed by atoms with Crippen molar-refractivity contribution in [2.45, 2.75) is 40.0 Å². The molecule has 1 unspecified atom stereocenters. The van der Waals surface area contributed by atoms with E-state index in [9.17, 15) is 0 Å². The van der Waals surface area contributed by atoms with E-state index in [2.05, 4.69) is 45.1 Å². The maximum Gasteiger partial charge on any atom is -0.0198 e. The summed E-state index contributed by atoms with van der Waals surface area (Å²) < 4.78 is 0. The van der Waals surface area contributed by atoms with Crippen molar-refractivity contribution < 1.29 is 0 Å². The number of hydrogen-bond donors (Lipinski definition) is 0. The summed E-state index contributed by atoms with van der Waals surface area (Å²) in [6, 6.07) is 0. The molecule has 0 aromatic carbocycles. The van der Waals surface area contributed by atoms with Crippen molar-refractivity contribution in [1.82, 2.24) is 0 Å². The second-order valence-electron chi connectivity index (χ2n) is 2.92. The van der Waals surface area contributed by atoms with Crippen LogP contribution in [0.1, 0.15) is 40.0 Å². The highest BCUT2D eigenvalue weighted by molar-refractivity contribution is 5.10. The second kappa shape index (κ2) is 7.59. The van der Waals surface area contributed by atoms with Gasteiger partial charge in [0.05, 0.1) is 0 Å². The van der Waals surface area contributed by atoms with E-state index in [0.717, 1.165) is 5.92 Å². The van der Waals surface area contributed by atoms with Crippen molar-refractivity contribution in [2.75, 3.05) is 0 Å². The topological polar surface area (TPSA) is 0 Å². The maximum absolute atomic E-state index is 2.28. The summed E-state index contributed by atoms with van der Waals surface area (Å²) in [5.74, 6) is 0.819. The monoisotopic (exact) mass is 152 g/mol. The highest BCUT2D eigenvalue weighted by Gasteiger charge is 1.98. The summed E-state index contributed by atoms with van der Waals surface area (Å²) in [5, 5.41) is 0. The third-order valence-electron chi connectivity index (χ3n) is 1.59. The van der Waals surface area contributed by atoms with Gasteiger partial charge in [0, 0.05) is 0 Å². The van der Waals surface area contributed by atoms with Gasteiger partial charge in [0.15, 0.2) is 0 Å². The van der Waals surface area contributed by atoms with E-state index in [1.165, 1.54) is 19.3 Å². The summed E-state index contributed by atoms with van der Waals surface area (Å²) in [6.45, 7) is 6.48. The molecule has 0 nitrogen and oxygen atoms in total. The average Bonchev–Trinajstić information content (AvgIpc) is 2.08. The third-order valence-corrected chi connectivity index (χ3v) is 1.59. The van der Waals surface area contributed by atoms with Crippen molar-refractivity contribution in [3.63, 3.8) is 0 Å². The van der Waals surface area contributed by atoms with E-state index in [-0.39, 0.29) is 0 Å². The highest BCUT2D eigenvalue weighted by Crippen LogP contribution is 2.13. The Kier molecular flexibility index (Phi) is 7.23. The van der Waals surface area contributed by atoms with E-state index in [4.69, 9.17) is 0 Å². The van der Waals surface area contributed by atoms with Gasteiger partial charge in [0.1, 0.15) is 0 Å². The minimum absolute atomic E-state index is 0.819. The largest absolute Gasteiger partial charge is 0.0840 e. The smallest absolute Gasteiger partial charge is 0.0198 e. The van der Waals surface area contributed by atoms with Crippen LogP contribution in [-0.4, -0.2) is 0 Å². The highest BCUT2D eigenvalue weighted by atomic mass is 14.0. The lowest BCUT2D eigenvalue weighted by atomic mass is 9.99. The number of hydrogen-bond acceptors (Lipinski definition) is 0. The standard InChI is InChI=1S/C8H12.C3H8/c1-2-8-6-4-3-5-7-8;1-3-2/h3-6,8H,2,7H2,1H3;3H2,1-2H3. The quantitative estimate of drug-likeness (QED) is 0.534.